The van der Waals surface area contributed by atoms with E-state index in [0.717, 1.165) is 11.1 Å². The monoisotopic (exact) mass is 327 g/mol. The number of nitrogens with one attached hydrogen (secondary N) is 1. The van der Waals surface area contributed by atoms with Crippen LogP contribution >= 0.6 is 11.6 Å². The number of hydrogen-bond acceptors (Lipinski definition) is 3. The molecule has 23 heavy (non-hydrogen) atoms. The second-order valence-electron chi connectivity index (χ2n) is 5.21. The molecule has 1 N–H and O–H groups in total. The van der Waals surface area contributed by atoms with Crippen molar-refractivity contribution in [2.24, 2.45) is 0 Å². The minimum Gasteiger partial charge on any atom is -0.422 e. The van der Waals surface area contributed by atoms with Crippen molar-refractivity contribution in [2.45, 2.75) is 13.5 Å². The third kappa shape index (κ3) is 3.12. The molecular formula is C18H14ClNO3. The molecule has 0 atom stereocenters. The first-order valence-electron chi connectivity index (χ1n) is 7.11. The summed E-state index contributed by atoms with van der Waals surface area (Å²) in [5, 5.41) is 3.97. The lowest BCUT2D eigenvalue weighted by Gasteiger charge is -2.07. The first-order chi connectivity index (χ1) is 11.1. The van der Waals surface area contributed by atoms with E-state index in [1.165, 1.54) is 0 Å². The van der Waals surface area contributed by atoms with Gasteiger partial charge in [-0.15, -0.1) is 0 Å². The van der Waals surface area contributed by atoms with Crippen LogP contribution in [-0.2, 0) is 6.54 Å². The van der Waals surface area contributed by atoms with Crippen molar-refractivity contribution in [3.63, 3.8) is 0 Å². The fourth-order valence-electron chi connectivity index (χ4n) is 2.36. The average molecular weight is 328 g/mol. The maximum absolute atomic E-state index is 12.3. The molecule has 1 heterocycles. The summed E-state index contributed by atoms with van der Waals surface area (Å²) in [4.78, 5) is 24.3. The Kier molecular flexibility index (Phi) is 4.17. The fraction of sp³-hybridized carbons (Fsp3) is 0.111. The molecule has 3 aromatic rings. The van der Waals surface area contributed by atoms with Crippen LogP contribution in [0.1, 0.15) is 21.5 Å². The zero-order valence-corrected chi connectivity index (χ0v) is 13.2. The molecule has 0 bridgehead atoms. The second kappa shape index (κ2) is 6.26. The lowest BCUT2D eigenvalue weighted by molar-refractivity contribution is 0.0947. The number of carbonyl (C=O) groups is 1. The largest absolute Gasteiger partial charge is 0.422 e. The smallest absolute Gasteiger partial charge is 0.349 e. The zero-order valence-electron chi connectivity index (χ0n) is 12.4. The Balaban J connectivity index is 1.88. The summed E-state index contributed by atoms with van der Waals surface area (Å²) < 4.78 is 5.28. The summed E-state index contributed by atoms with van der Waals surface area (Å²) in [5.74, 6) is -0.484. The van der Waals surface area contributed by atoms with E-state index in [1.807, 2.05) is 37.3 Å². The molecule has 0 radical (unpaired) electrons. The molecule has 5 heteroatoms. The highest BCUT2D eigenvalue weighted by Crippen LogP contribution is 2.18. The summed E-state index contributed by atoms with van der Waals surface area (Å²) in [6.07, 6.45) is 0. The highest BCUT2D eigenvalue weighted by Gasteiger charge is 2.14. The van der Waals surface area contributed by atoms with E-state index in [1.54, 1.807) is 18.2 Å². The SMILES string of the molecule is Cc1cccc2cc(C(=O)NCc3ccccc3Cl)c(=O)oc12. The number of carbonyl (C=O) groups excluding carboxylic acids is 1. The molecule has 2 aromatic carbocycles. The van der Waals surface area contributed by atoms with Gasteiger partial charge >= 0.3 is 5.63 Å². The third-order valence-corrected chi connectivity index (χ3v) is 3.97. The molecule has 0 unspecified atom stereocenters. The Morgan fingerprint density at radius 3 is 2.74 bits per heavy atom. The molecule has 4 nitrogen and oxygen atoms in total. The van der Waals surface area contributed by atoms with E-state index in [4.69, 9.17) is 16.0 Å². The Morgan fingerprint density at radius 1 is 1.17 bits per heavy atom. The Bertz CT molecular complexity index is 946. The fourth-order valence-corrected chi connectivity index (χ4v) is 2.56. The van der Waals surface area contributed by atoms with Crippen molar-refractivity contribution >= 4 is 28.5 Å². The van der Waals surface area contributed by atoms with Crippen LogP contribution in [0.5, 0.6) is 0 Å². The van der Waals surface area contributed by atoms with Crippen LogP contribution in [0.4, 0.5) is 0 Å². The van der Waals surface area contributed by atoms with Crippen LogP contribution in [-0.4, -0.2) is 5.91 Å². The quantitative estimate of drug-likeness (QED) is 0.746. The highest BCUT2D eigenvalue weighted by molar-refractivity contribution is 6.31. The molecule has 0 aliphatic carbocycles. The normalized spacial score (nSPS) is 10.7. The van der Waals surface area contributed by atoms with E-state index in [-0.39, 0.29) is 12.1 Å². The number of rotatable bonds is 3. The van der Waals surface area contributed by atoms with E-state index < -0.39 is 11.5 Å². The van der Waals surface area contributed by atoms with Crippen molar-refractivity contribution in [3.8, 4) is 0 Å². The Labute approximate surface area is 137 Å². The van der Waals surface area contributed by atoms with Crippen LogP contribution < -0.4 is 10.9 Å². The van der Waals surface area contributed by atoms with E-state index in [2.05, 4.69) is 5.32 Å². The summed E-state index contributed by atoms with van der Waals surface area (Å²) in [5.41, 5.74) is 1.46. The van der Waals surface area contributed by atoms with Gasteiger partial charge in [0.05, 0.1) is 0 Å². The molecule has 0 aliphatic rings. The predicted molar refractivity (Wildman–Crippen MR) is 89.8 cm³/mol. The summed E-state index contributed by atoms with van der Waals surface area (Å²) >= 11 is 6.05. The highest BCUT2D eigenvalue weighted by atomic mass is 35.5. The lowest BCUT2D eigenvalue weighted by Crippen LogP contribution is -2.28. The van der Waals surface area contributed by atoms with Gasteiger partial charge < -0.3 is 9.73 Å². The summed E-state index contributed by atoms with van der Waals surface area (Å²) in [7, 11) is 0. The van der Waals surface area contributed by atoms with Gasteiger partial charge in [0.2, 0.25) is 0 Å². The third-order valence-electron chi connectivity index (χ3n) is 3.60. The van der Waals surface area contributed by atoms with Crippen molar-refractivity contribution < 1.29 is 9.21 Å². The summed E-state index contributed by atoms with van der Waals surface area (Å²) in [6, 6.07) is 14.3. The van der Waals surface area contributed by atoms with Crippen molar-refractivity contribution in [3.05, 3.63) is 80.7 Å². The van der Waals surface area contributed by atoms with Gasteiger partial charge in [-0.05, 0) is 30.2 Å². The predicted octanol–water partition coefficient (Wildman–Crippen LogP) is 3.68. The second-order valence-corrected chi connectivity index (χ2v) is 5.62. The van der Waals surface area contributed by atoms with Crippen molar-refractivity contribution in [1.29, 1.82) is 0 Å². The molecule has 1 amide bonds. The van der Waals surface area contributed by atoms with Gasteiger partial charge in [0.1, 0.15) is 11.1 Å². The molecular weight excluding hydrogens is 314 g/mol. The van der Waals surface area contributed by atoms with Gasteiger partial charge in [0.25, 0.3) is 5.91 Å². The number of aryl methyl sites for hydroxylation is 1. The standard InChI is InChI=1S/C18H14ClNO3/c1-11-5-4-7-12-9-14(18(22)23-16(11)12)17(21)20-10-13-6-2-3-8-15(13)19/h2-9H,10H2,1H3,(H,20,21). The molecule has 0 saturated heterocycles. The van der Waals surface area contributed by atoms with Crippen molar-refractivity contribution in [1.82, 2.24) is 5.32 Å². The van der Waals surface area contributed by atoms with Crippen LogP contribution in [0.15, 0.2) is 57.7 Å². The Morgan fingerprint density at radius 2 is 1.96 bits per heavy atom. The number of halogens is 1. The number of amides is 1. The van der Waals surface area contributed by atoms with Gasteiger partial charge in [-0.2, -0.15) is 0 Å². The molecule has 3 rings (SSSR count). The van der Waals surface area contributed by atoms with E-state index in [0.29, 0.717) is 16.0 Å². The molecule has 0 fully saturated rings. The minimum absolute atomic E-state index is 0.0184. The molecule has 116 valence electrons. The molecule has 0 spiro atoms. The Hall–Kier alpha value is -2.59. The lowest BCUT2D eigenvalue weighted by atomic mass is 10.1. The first-order valence-corrected chi connectivity index (χ1v) is 7.49. The van der Waals surface area contributed by atoms with E-state index in [9.17, 15) is 9.59 Å². The van der Waals surface area contributed by atoms with Gasteiger partial charge in [-0.3, -0.25) is 4.79 Å². The van der Waals surface area contributed by atoms with Gasteiger partial charge in [-0.25, -0.2) is 4.79 Å². The summed E-state index contributed by atoms with van der Waals surface area (Å²) in [6.45, 7) is 2.09. The molecule has 1 aromatic heterocycles. The molecule has 0 aliphatic heterocycles. The maximum Gasteiger partial charge on any atom is 0.349 e. The van der Waals surface area contributed by atoms with E-state index >= 15 is 0 Å². The first kappa shape index (κ1) is 15.3. The number of fused-ring (bicyclic) bond motifs is 1. The number of benzene rings is 2. The van der Waals surface area contributed by atoms with Crippen LogP contribution in [0.3, 0.4) is 0 Å². The number of hydrogen-bond donors (Lipinski definition) is 1. The van der Waals surface area contributed by atoms with Gasteiger partial charge in [0.15, 0.2) is 0 Å². The van der Waals surface area contributed by atoms with Gasteiger partial charge in [0, 0.05) is 17.0 Å². The maximum atomic E-state index is 12.3. The topological polar surface area (TPSA) is 59.3 Å². The van der Waals surface area contributed by atoms with Crippen LogP contribution in [0.2, 0.25) is 5.02 Å². The zero-order chi connectivity index (χ0) is 16.4. The van der Waals surface area contributed by atoms with Crippen molar-refractivity contribution in [2.75, 3.05) is 0 Å². The average Bonchev–Trinajstić information content (AvgIpc) is 2.54. The minimum atomic E-state index is -0.650. The van der Waals surface area contributed by atoms with Crippen LogP contribution in [0, 0.1) is 6.92 Å². The van der Waals surface area contributed by atoms with Crippen LogP contribution in [0.25, 0.3) is 11.0 Å². The van der Waals surface area contributed by atoms with Gasteiger partial charge in [-0.1, -0.05) is 48.0 Å². The number of para-hydroxylation sites is 1. The molecule has 0 saturated carbocycles.